The lowest BCUT2D eigenvalue weighted by molar-refractivity contribution is 0.0653. The number of piperidine rings is 1. The second kappa shape index (κ2) is 8.00. The van der Waals surface area contributed by atoms with Gasteiger partial charge in [0.15, 0.2) is 11.5 Å². The fourth-order valence-electron chi connectivity index (χ4n) is 5.62. The fraction of sp³-hybridized carbons (Fsp3) is 0.520. The van der Waals surface area contributed by atoms with Gasteiger partial charge in [-0.05, 0) is 73.0 Å². The molecule has 4 heteroatoms. The molecule has 2 aromatic carbocycles. The molecule has 1 atom stereocenters. The molecule has 154 valence electrons. The largest absolute Gasteiger partial charge is 0.493 e. The first-order chi connectivity index (χ1) is 14.2. The minimum absolute atomic E-state index is 0.661. The highest BCUT2D eigenvalue weighted by Gasteiger charge is 2.33. The topological polar surface area (TPSA) is 24.9 Å². The Bertz CT molecular complexity index is 856. The molecule has 0 aromatic heterocycles. The maximum atomic E-state index is 5.55. The molecule has 29 heavy (non-hydrogen) atoms. The van der Waals surface area contributed by atoms with Gasteiger partial charge in [-0.3, -0.25) is 9.80 Å². The van der Waals surface area contributed by atoms with Crippen LogP contribution < -0.4 is 9.47 Å². The molecule has 2 heterocycles. The van der Waals surface area contributed by atoms with Crippen LogP contribution in [0.4, 0.5) is 0 Å². The molecule has 0 radical (unpaired) electrons. The molecule has 2 aromatic rings. The summed E-state index contributed by atoms with van der Waals surface area (Å²) in [5.74, 6) is 1.70. The number of rotatable bonds is 4. The van der Waals surface area contributed by atoms with E-state index in [2.05, 4.69) is 46.2 Å². The summed E-state index contributed by atoms with van der Waals surface area (Å²) in [7, 11) is 3.45. The number of hydrogen-bond donors (Lipinski definition) is 0. The lowest BCUT2D eigenvalue weighted by Crippen LogP contribution is -2.52. The Morgan fingerprint density at radius 1 is 0.793 bits per heavy atom. The Balaban J connectivity index is 1.27. The van der Waals surface area contributed by atoms with Gasteiger partial charge in [-0.15, -0.1) is 0 Å². The Kier molecular flexibility index (Phi) is 5.23. The summed E-state index contributed by atoms with van der Waals surface area (Å²) in [4.78, 5) is 5.49. The summed E-state index contributed by atoms with van der Waals surface area (Å²) in [5, 5.41) is 0. The second-order valence-electron chi connectivity index (χ2n) is 8.82. The Hall–Kier alpha value is -2.04. The number of fused-ring (bicyclic) bond motifs is 2. The van der Waals surface area contributed by atoms with E-state index in [0.29, 0.717) is 12.1 Å². The van der Waals surface area contributed by atoms with Crippen molar-refractivity contribution in [2.45, 2.75) is 50.7 Å². The predicted molar refractivity (Wildman–Crippen MR) is 116 cm³/mol. The number of methoxy groups -OCH3 is 2. The summed E-state index contributed by atoms with van der Waals surface area (Å²) in [5.41, 5.74) is 5.94. The molecular formula is C25H32N2O2. The first kappa shape index (κ1) is 19.0. The van der Waals surface area contributed by atoms with Crippen LogP contribution in [0.2, 0.25) is 0 Å². The molecule has 3 aliphatic rings. The molecule has 0 spiro atoms. The third kappa shape index (κ3) is 3.64. The normalized spacial score (nSPS) is 22.9. The molecular weight excluding hydrogens is 360 g/mol. The van der Waals surface area contributed by atoms with Gasteiger partial charge in [-0.1, -0.05) is 24.3 Å². The Labute approximate surface area is 174 Å². The molecule has 2 aliphatic heterocycles. The number of nitrogens with zero attached hydrogens (tertiary/aromatic N) is 2. The summed E-state index contributed by atoms with van der Waals surface area (Å²) >= 11 is 0. The average molecular weight is 393 g/mol. The van der Waals surface area contributed by atoms with Crippen LogP contribution in [0.15, 0.2) is 36.4 Å². The minimum atomic E-state index is 0.661. The van der Waals surface area contributed by atoms with E-state index in [1.165, 1.54) is 49.9 Å². The van der Waals surface area contributed by atoms with Crippen molar-refractivity contribution in [2.75, 3.05) is 33.9 Å². The average Bonchev–Trinajstić information content (AvgIpc) is 3.22. The van der Waals surface area contributed by atoms with E-state index >= 15 is 0 Å². The standard InChI is InChI=1S/C25H32N2O2/c1-28-24-14-20-9-11-27(16-21(20)15-25(24)29-2)22-8-5-10-26(17-22)23-12-18-6-3-4-7-19(18)13-23/h3-4,6-7,14-15,22-23H,5,8-13,16-17H2,1-2H3. The molecule has 1 saturated heterocycles. The Morgan fingerprint density at radius 2 is 1.48 bits per heavy atom. The third-order valence-electron chi connectivity index (χ3n) is 7.24. The van der Waals surface area contributed by atoms with Gasteiger partial charge in [-0.25, -0.2) is 0 Å². The van der Waals surface area contributed by atoms with Gasteiger partial charge in [0.1, 0.15) is 0 Å². The quantitative estimate of drug-likeness (QED) is 0.792. The molecule has 5 rings (SSSR count). The third-order valence-corrected chi connectivity index (χ3v) is 7.24. The highest BCUT2D eigenvalue weighted by atomic mass is 16.5. The van der Waals surface area contributed by atoms with Crippen molar-refractivity contribution in [1.29, 1.82) is 0 Å². The molecule has 1 aliphatic carbocycles. The van der Waals surface area contributed by atoms with Gasteiger partial charge < -0.3 is 9.47 Å². The van der Waals surface area contributed by atoms with E-state index in [0.717, 1.165) is 31.0 Å². The van der Waals surface area contributed by atoms with Crippen LogP contribution in [0.25, 0.3) is 0 Å². The predicted octanol–water partition coefficient (Wildman–Crippen LogP) is 3.69. The van der Waals surface area contributed by atoms with E-state index in [4.69, 9.17) is 9.47 Å². The number of benzene rings is 2. The van der Waals surface area contributed by atoms with Gasteiger partial charge in [0, 0.05) is 31.7 Å². The lowest BCUT2D eigenvalue weighted by Gasteiger charge is -2.43. The zero-order valence-corrected chi connectivity index (χ0v) is 17.7. The number of ether oxygens (including phenoxy) is 2. The molecule has 4 nitrogen and oxygen atoms in total. The van der Waals surface area contributed by atoms with Gasteiger partial charge >= 0.3 is 0 Å². The van der Waals surface area contributed by atoms with Gasteiger partial charge in [-0.2, -0.15) is 0 Å². The van der Waals surface area contributed by atoms with Crippen LogP contribution in [0, 0.1) is 0 Å². The van der Waals surface area contributed by atoms with E-state index in [9.17, 15) is 0 Å². The SMILES string of the molecule is COc1cc2c(cc1OC)CN(C1CCCN(C3Cc4ccccc4C3)C1)CC2. The highest BCUT2D eigenvalue weighted by molar-refractivity contribution is 5.48. The monoisotopic (exact) mass is 392 g/mol. The molecule has 1 fully saturated rings. The van der Waals surface area contributed by atoms with E-state index in [1.54, 1.807) is 25.3 Å². The van der Waals surface area contributed by atoms with Crippen molar-refractivity contribution in [3.63, 3.8) is 0 Å². The van der Waals surface area contributed by atoms with E-state index in [-0.39, 0.29) is 0 Å². The Morgan fingerprint density at radius 3 is 2.17 bits per heavy atom. The van der Waals surface area contributed by atoms with Crippen molar-refractivity contribution in [2.24, 2.45) is 0 Å². The maximum Gasteiger partial charge on any atom is 0.161 e. The van der Waals surface area contributed by atoms with Crippen molar-refractivity contribution in [3.8, 4) is 11.5 Å². The number of hydrogen-bond acceptors (Lipinski definition) is 4. The molecule has 0 saturated carbocycles. The highest BCUT2D eigenvalue weighted by Crippen LogP contribution is 2.35. The summed E-state index contributed by atoms with van der Waals surface area (Å²) in [6.07, 6.45) is 6.18. The fourth-order valence-corrected chi connectivity index (χ4v) is 5.62. The van der Waals surface area contributed by atoms with Gasteiger partial charge in [0.2, 0.25) is 0 Å². The van der Waals surface area contributed by atoms with Gasteiger partial charge in [0.25, 0.3) is 0 Å². The molecule has 0 N–H and O–H groups in total. The van der Waals surface area contributed by atoms with Crippen LogP contribution in [0.1, 0.15) is 35.1 Å². The van der Waals surface area contributed by atoms with Crippen LogP contribution in [0.5, 0.6) is 11.5 Å². The van der Waals surface area contributed by atoms with Crippen molar-refractivity contribution in [3.05, 3.63) is 58.7 Å². The molecule has 0 bridgehead atoms. The molecule has 1 unspecified atom stereocenters. The van der Waals surface area contributed by atoms with Crippen LogP contribution in [0.3, 0.4) is 0 Å². The summed E-state index contributed by atoms with van der Waals surface area (Å²) in [6, 6.07) is 14.7. The number of likely N-dealkylation sites (tertiary alicyclic amines) is 1. The van der Waals surface area contributed by atoms with Crippen molar-refractivity contribution >= 4 is 0 Å². The van der Waals surface area contributed by atoms with E-state index < -0.39 is 0 Å². The van der Waals surface area contributed by atoms with Gasteiger partial charge in [0.05, 0.1) is 14.2 Å². The van der Waals surface area contributed by atoms with Crippen LogP contribution in [-0.2, 0) is 25.8 Å². The van der Waals surface area contributed by atoms with Crippen LogP contribution >= 0.6 is 0 Å². The van der Waals surface area contributed by atoms with Crippen LogP contribution in [-0.4, -0.2) is 55.7 Å². The lowest BCUT2D eigenvalue weighted by atomic mass is 9.94. The minimum Gasteiger partial charge on any atom is -0.493 e. The first-order valence-electron chi connectivity index (χ1n) is 11.0. The zero-order valence-electron chi connectivity index (χ0n) is 17.7. The van der Waals surface area contributed by atoms with E-state index in [1.807, 2.05) is 0 Å². The maximum absolute atomic E-state index is 5.55. The summed E-state index contributed by atoms with van der Waals surface area (Å²) < 4.78 is 11.0. The van der Waals surface area contributed by atoms with Crippen molar-refractivity contribution < 1.29 is 9.47 Å². The second-order valence-corrected chi connectivity index (χ2v) is 8.82. The smallest absolute Gasteiger partial charge is 0.161 e. The zero-order chi connectivity index (χ0) is 19.8. The first-order valence-corrected chi connectivity index (χ1v) is 11.0. The van der Waals surface area contributed by atoms with Crippen molar-refractivity contribution in [1.82, 2.24) is 9.80 Å². The molecule has 0 amide bonds. The summed E-state index contributed by atoms with van der Waals surface area (Å²) in [6.45, 7) is 4.64.